The summed E-state index contributed by atoms with van der Waals surface area (Å²) in [5, 5.41) is 2.13. The Bertz CT molecular complexity index is 812. The van der Waals surface area contributed by atoms with Crippen LogP contribution >= 0.6 is 0 Å². The largest absolute Gasteiger partial charge is 0.478 e. The molecule has 0 aliphatic carbocycles. The van der Waals surface area contributed by atoms with Gasteiger partial charge in [-0.25, -0.2) is 4.98 Å². The standard InChI is InChI=1S/C19H21N3O/c1-2-7-17-16(6-1)19-15(14-20-17)8-9-18(21-19)23-13-5-12-22-10-3-4-11-22/h1-2,6-9,14H,3-5,10-13H2. The van der Waals surface area contributed by atoms with E-state index in [4.69, 9.17) is 9.72 Å². The third-order valence-electron chi connectivity index (χ3n) is 4.47. The van der Waals surface area contributed by atoms with Gasteiger partial charge in [0.05, 0.1) is 17.6 Å². The number of hydrogen-bond acceptors (Lipinski definition) is 4. The maximum Gasteiger partial charge on any atom is 0.213 e. The molecule has 118 valence electrons. The van der Waals surface area contributed by atoms with Gasteiger partial charge in [0, 0.05) is 29.6 Å². The fourth-order valence-corrected chi connectivity index (χ4v) is 3.25. The number of aromatic nitrogens is 2. The van der Waals surface area contributed by atoms with Crippen LogP contribution in [0.4, 0.5) is 0 Å². The fraction of sp³-hybridized carbons (Fsp3) is 0.368. The molecule has 2 aromatic heterocycles. The molecular weight excluding hydrogens is 286 g/mol. The van der Waals surface area contributed by atoms with Crippen LogP contribution in [-0.2, 0) is 0 Å². The summed E-state index contributed by atoms with van der Waals surface area (Å²) in [6.07, 6.45) is 5.61. The Hall–Kier alpha value is -2.20. The molecule has 0 N–H and O–H groups in total. The van der Waals surface area contributed by atoms with Gasteiger partial charge in [-0.3, -0.25) is 4.98 Å². The van der Waals surface area contributed by atoms with Crippen LogP contribution < -0.4 is 4.74 Å². The topological polar surface area (TPSA) is 38.2 Å². The lowest BCUT2D eigenvalue weighted by Crippen LogP contribution is -2.21. The minimum atomic E-state index is 0.704. The van der Waals surface area contributed by atoms with Crippen molar-refractivity contribution in [3.8, 4) is 5.88 Å². The first-order valence-electron chi connectivity index (χ1n) is 8.40. The summed E-state index contributed by atoms with van der Waals surface area (Å²) in [4.78, 5) is 11.7. The number of hydrogen-bond donors (Lipinski definition) is 0. The number of para-hydroxylation sites is 1. The van der Waals surface area contributed by atoms with E-state index in [1.54, 1.807) is 0 Å². The van der Waals surface area contributed by atoms with Gasteiger partial charge in [-0.1, -0.05) is 18.2 Å². The smallest absolute Gasteiger partial charge is 0.213 e. The molecule has 1 saturated heterocycles. The Kier molecular flexibility index (Phi) is 4.07. The van der Waals surface area contributed by atoms with Gasteiger partial charge in [0.1, 0.15) is 0 Å². The highest BCUT2D eigenvalue weighted by atomic mass is 16.5. The normalized spacial score (nSPS) is 15.5. The van der Waals surface area contributed by atoms with Crippen LogP contribution in [0.25, 0.3) is 21.8 Å². The highest BCUT2D eigenvalue weighted by Gasteiger charge is 2.10. The van der Waals surface area contributed by atoms with E-state index in [1.807, 2.05) is 36.5 Å². The molecule has 4 heteroatoms. The number of ether oxygens (including phenoxy) is 1. The van der Waals surface area contributed by atoms with Crippen LogP contribution in [0.1, 0.15) is 19.3 Å². The number of rotatable bonds is 5. The van der Waals surface area contributed by atoms with Crippen molar-refractivity contribution in [3.63, 3.8) is 0 Å². The summed E-state index contributed by atoms with van der Waals surface area (Å²) in [6.45, 7) is 4.33. The molecule has 0 radical (unpaired) electrons. The lowest BCUT2D eigenvalue weighted by atomic mass is 10.1. The number of nitrogens with zero attached hydrogens (tertiary/aromatic N) is 3. The van der Waals surface area contributed by atoms with Crippen molar-refractivity contribution in [1.29, 1.82) is 0 Å². The predicted octanol–water partition coefficient (Wildman–Crippen LogP) is 3.65. The fourth-order valence-electron chi connectivity index (χ4n) is 3.25. The summed E-state index contributed by atoms with van der Waals surface area (Å²) in [5.41, 5.74) is 1.94. The third-order valence-corrected chi connectivity index (χ3v) is 4.47. The molecule has 0 saturated carbocycles. The summed E-state index contributed by atoms with van der Waals surface area (Å²) < 4.78 is 5.86. The average Bonchev–Trinajstić information content (AvgIpc) is 3.12. The average molecular weight is 307 g/mol. The van der Waals surface area contributed by atoms with Crippen molar-refractivity contribution in [2.75, 3.05) is 26.2 Å². The number of pyridine rings is 2. The van der Waals surface area contributed by atoms with Crippen LogP contribution in [-0.4, -0.2) is 41.1 Å². The minimum Gasteiger partial charge on any atom is -0.478 e. The Labute approximate surface area is 136 Å². The molecule has 0 unspecified atom stereocenters. The number of fused-ring (bicyclic) bond motifs is 3. The van der Waals surface area contributed by atoms with Gasteiger partial charge in [0.2, 0.25) is 5.88 Å². The van der Waals surface area contributed by atoms with Gasteiger partial charge in [0.25, 0.3) is 0 Å². The van der Waals surface area contributed by atoms with E-state index in [0.29, 0.717) is 5.88 Å². The molecule has 3 aromatic rings. The molecule has 1 fully saturated rings. The van der Waals surface area contributed by atoms with Crippen molar-refractivity contribution in [3.05, 3.63) is 42.6 Å². The van der Waals surface area contributed by atoms with Crippen LogP contribution in [0.15, 0.2) is 42.6 Å². The van der Waals surface area contributed by atoms with E-state index in [-0.39, 0.29) is 0 Å². The number of likely N-dealkylation sites (tertiary alicyclic amines) is 1. The van der Waals surface area contributed by atoms with Crippen LogP contribution in [0.3, 0.4) is 0 Å². The molecule has 1 aromatic carbocycles. The second kappa shape index (κ2) is 6.50. The zero-order chi connectivity index (χ0) is 15.5. The summed E-state index contributed by atoms with van der Waals surface area (Å²) in [6, 6.07) is 12.1. The van der Waals surface area contributed by atoms with Crippen LogP contribution in [0.2, 0.25) is 0 Å². The SMILES string of the molecule is c1ccc2c(c1)ncc1ccc(OCCCN3CCCC3)nc12. The second-order valence-corrected chi connectivity index (χ2v) is 6.11. The first-order chi connectivity index (χ1) is 11.4. The van der Waals surface area contributed by atoms with Crippen LogP contribution in [0, 0.1) is 0 Å². The maximum absolute atomic E-state index is 5.86. The lowest BCUT2D eigenvalue weighted by molar-refractivity contribution is 0.257. The molecule has 0 atom stereocenters. The number of benzene rings is 1. The quantitative estimate of drug-likeness (QED) is 0.533. The molecule has 4 rings (SSSR count). The predicted molar refractivity (Wildman–Crippen MR) is 92.8 cm³/mol. The highest BCUT2D eigenvalue weighted by molar-refractivity contribution is 6.02. The Morgan fingerprint density at radius 1 is 1.04 bits per heavy atom. The molecule has 0 bridgehead atoms. The van der Waals surface area contributed by atoms with E-state index in [0.717, 1.165) is 41.4 Å². The Morgan fingerprint density at radius 2 is 1.91 bits per heavy atom. The molecular formula is C19H21N3O. The van der Waals surface area contributed by atoms with Crippen molar-refractivity contribution < 1.29 is 4.74 Å². The van der Waals surface area contributed by atoms with Gasteiger partial charge in [-0.05, 0) is 44.5 Å². The van der Waals surface area contributed by atoms with E-state index < -0.39 is 0 Å². The van der Waals surface area contributed by atoms with E-state index in [1.165, 1.54) is 25.9 Å². The van der Waals surface area contributed by atoms with E-state index >= 15 is 0 Å². The van der Waals surface area contributed by atoms with E-state index in [2.05, 4.69) is 16.0 Å². The lowest BCUT2D eigenvalue weighted by Gasteiger charge is -2.14. The Morgan fingerprint density at radius 3 is 2.83 bits per heavy atom. The zero-order valence-electron chi connectivity index (χ0n) is 13.2. The minimum absolute atomic E-state index is 0.704. The molecule has 1 aliphatic heterocycles. The third kappa shape index (κ3) is 3.13. The molecule has 1 aliphatic rings. The van der Waals surface area contributed by atoms with Crippen LogP contribution in [0.5, 0.6) is 5.88 Å². The summed E-state index contributed by atoms with van der Waals surface area (Å²) in [5.74, 6) is 0.704. The maximum atomic E-state index is 5.86. The van der Waals surface area contributed by atoms with Gasteiger partial charge in [-0.15, -0.1) is 0 Å². The van der Waals surface area contributed by atoms with Crippen molar-refractivity contribution >= 4 is 21.8 Å². The highest BCUT2D eigenvalue weighted by Crippen LogP contribution is 2.23. The first kappa shape index (κ1) is 14.4. The summed E-state index contributed by atoms with van der Waals surface area (Å²) >= 11 is 0. The molecule has 4 nitrogen and oxygen atoms in total. The van der Waals surface area contributed by atoms with Crippen molar-refractivity contribution in [2.45, 2.75) is 19.3 Å². The zero-order valence-corrected chi connectivity index (χ0v) is 13.2. The van der Waals surface area contributed by atoms with Crippen molar-refractivity contribution in [1.82, 2.24) is 14.9 Å². The van der Waals surface area contributed by atoms with E-state index in [9.17, 15) is 0 Å². The van der Waals surface area contributed by atoms with Crippen molar-refractivity contribution in [2.24, 2.45) is 0 Å². The monoisotopic (exact) mass is 307 g/mol. The van der Waals surface area contributed by atoms with Gasteiger partial charge >= 0.3 is 0 Å². The van der Waals surface area contributed by atoms with Gasteiger partial charge in [0.15, 0.2) is 0 Å². The Balaban J connectivity index is 1.48. The van der Waals surface area contributed by atoms with Gasteiger partial charge in [-0.2, -0.15) is 0 Å². The first-order valence-corrected chi connectivity index (χ1v) is 8.40. The summed E-state index contributed by atoms with van der Waals surface area (Å²) in [7, 11) is 0. The molecule has 0 amide bonds. The molecule has 3 heterocycles. The second-order valence-electron chi connectivity index (χ2n) is 6.11. The van der Waals surface area contributed by atoms with Gasteiger partial charge < -0.3 is 9.64 Å². The molecule has 0 spiro atoms. The molecule has 23 heavy (non-hydrogen) atoms.